The van der Waals surface area contributed by atoms with Crippen LogP contribution in [0.2, 0.25) is 0 Å². The van der Waals surface area contributed by atoms with Gasteiger partial charge in [-0.2, -0.15) is 0 Å². The number of hydrogen-bond donors (Lipinski definition) is 2. The lowest BCUT2D eigenvalue weighted by atomic mass is 10.2. The van der Waals surface area contributed by atoms with Crippen LogP contribution in [0, 0.1) is 20.8 Å². The summed E-state index contributed by atoms with van der Waals surface area (Å²) >= 11 is 3.49. The monoisotopic (exact) mass is 351 g/mol. The molecule has 126 valence electrons. The first kappa shape index (κ1) is 17.9. The summed E-state index contributed by atoms with van der Waals surface area (Å²) in [7, 11) is 1.80. The lowest BCUT2D eigenvalue weighted by Crippen LogP contribution is -2.37. The molecule has 0 spiro atoms. The third kappa shape index (κ3) is 5.91. The third-order valence-corrected chi connectivity index (χ3v) is 5.52. The van der Waals surface area contributed by atoms with Crippen molar-refractivity contribution in [2.24, 2.45) is 4.99 Å². The van der Waals surface area contributed by atoms with Crippen molar-refractivity contribution < 1.29 is 0 Å². The third-order valence-electron chi connectivity index (χ3n) is 3.42. The van der Waals surface area contributed by atoms with Gasteiger partial charge in [-0.1, -0.05) is 0 Å². The molecule has 0 atom stereocenters. The van der Waals surface area contributed by atoms with E-state index in [9.17, 15) is 0 Å². The van der Waals surface area contributed by atoms with Crippen molar-refractivity contribution in [3.63, 3.8) is 0 Å². The Morgan fingerprint density at radius 2 is 2.00 bits per heavy atom. The molecule has 0 aliphatic carbocycles. The predicted octanol–water partition coefficient (Wildman–Crippen LogP) is 3.21. The largest absolute Gasteiger partial charge is 0.356 e. The summed E-state index contributed by atoms with van der Waals surface area (Å²) in [6.45, 7) is 7.83. The second kappa shape index (κ2) is 8.98. The van der Waals surface area contributed by atoms with Gasteiger partial charge in [-0.25, -0.2) is 9.97 Å². The molecule has 0 amide bonds. The molecule has 0 aliphatic rings. The topological polar surface area (TPSA) is 62.2 Å². The van der Waals surface area contributed by atoms with Gasteiger partial charge < -0.3 is 10.6 Å². The minimum atomic E-state index is 0.773. The highest BCUT2D eigenvalue weighted by Gasteiger charge is 2.05. The van der Waals surface area contributed by atoms with Crippen LogP contribution >= 0.6 is 22.7 Å². The van der Waals surface area contributed by atoms with E-state index >= 15 is 0 Å². The summed E-state index contributed by atoms with van der Waals surface area (Å²) < 4.78 is 0. The average Bonchev–Trinajstić information content (AvgIpc) is 3.07. The molecule has 23 heavy (non-hydrogen) atoms. The molecule has 2 N–H and O–H groups in total. The number of thiazole rings is 2. The summed E-state index contributed by atoms with van der Waals surface area (Å²) in [6.07, 6.45) is 3.31. The quantitative estimate of drug-likeness (QED) is 0.457. The first-order valence-corrected chi connectivity index (χ1v) is 9.56. The van der Waals surface area contributed by atoms with Crippen LogP contribution in [-0.2, 0) is 13.0 Å². The van der Waals surface area contributed by atoms with E-state index in [-0.39, 0.29) is 0 Å². The zero-order valence-electron chi connectivity index (χ0n) is 14.3. The predicted molar refractivity (Wildman–Crippen MR) is 99.6 cm³/mol. The highest BCUT2D eigenvalue weighted by atomic mass is 32.1. The number of hydrogen-bond acceptors (Lipinski definition) is 5. The molecule has 0 unspecified atom stereocenters. The van der Waals surface area contributed by atoms with Gasteiger partial charge in [0.05, 0.1) is 22.3 Å². The van der Waals surface area contributed by atoms with E-state index in [1.807, 2.05) is 13.8 Å². The molecule has 0 radical (unpaired) electrons. The molecule has 0 bridgehead atoms. The van der Waals surface area contributed by atoms with Gasteiger partial charge in [0.2, 0.25) is 0 Å². The second-order valence-electron chi connectivity index (χ2n) is 5.43. The van der Waals surface area contributed by atoms with Gasteiger partial charge in [-0.3, -0.25) is 4.99 Å². The van der Waals surface area contributed by atoms with Crippen molar-refractivity contribution in [3.05, 3.63) is 31.7 Å². The van der Waals surface area contributed by atoms with Crippen LogP contribution in [-0.4, -0.2) is 29.5 Å². The molecule has 2 aromatic heterocycles. The number of aromatic nitrogens is 2. The summed E-state index contributed by atoms with van der Waals surface area (Å²) in [6, 6.07) is 0. The van der Waals surface area contributed by atoms with Crippen LogP contribution < -0.4 is 10.6 Å². The van der Waals surface area contributed by atoms with Gasteiger partial charge in [0.15, 0.2) is 5.96 Å². The summed E-state index contributed by atoms with van der Waals surface area (Å²) in [5.74, 6) is 0.848. The molecule has 5 nitrogen and oxygen atoms in total. The molecule has 0 saturated carbocycles. The maximum Gasteiger partial charge on any atom is 0.191 e. The van der Waals surface area contributed by atoms with Crippen molar-refractivity contribution >= 4 is 28.6 Å². The number of aryl methyl sites for hydroxylation is 4. The van der Waals surface area contributed by atoms with Crippen LogP contribution in [0.3, 0.4) is 0 Å². The van der Waals surface area contributed by atoms with Crippen molar-refractivity contribution in [3.8, 4) is 0 Å². The van der Waals surface area contributed by atoms with Crippen LogP contribution in [0.5, 0.6) is 0 Å². The molecular weight excluding hydrogens is 326 g/mol. The van der Waals surface area contributed by atoms with Gasteiger partial charge in [-0.15, -0.1) is 22.7 Å². The maximum absolute atomic E-state index is 4.49. The first-order valence-electron chi connectivity index (χ1n) is 7.87. The molecule has 0 aromatic carbocycles. The Kier molecular flexibility index (Phi) is 6.98. The van der Waals surface area contributed by atoms with E-state index in [1.54, 1.807) is 29.7 Å². The molecule has 0 aliphatic heterocycles. The Morgan fingerprint density at radius 1 is 1.17 bits per heavy atom. The van der Waals surface area contributed by atoms with Gasteiger partial charge in [-0.05, 0) is 40.0 Å². The van der Waals surface area contributed by atoms with E-state index in [1.165, 1.54) is 9.88 Å². The Bertz CT molecular complexity index is 645. The van der Waals surface area contributed by atoms with E-state index < -0.39 is 0 Å². The number of guanidine groups is 1. The molecule has 7 heteroatoms. The van der Waals surface area contributed by atoms with Crippen LogP contribution in [0.15, 0.2) is 10.4 Å². The van der Waals surface area contributed by atoms with Crippen LogP contribution in [0.25, 0.3) is 0 Å². The number of unbranched alkanes of at least 4 members (excludes halogenated alkanes) is 1. The number of nitrogens with one attached hydrogen (secondary N) is 2. The fraction of sp³-hybridized carbons (Fsp3) is 0.562. The lowest BCUT2D eigenvalue weighted by molar-refractivity contribution is 0.692. The van der Waals surface area contributed by atoms with E-state index in [0.29, 0.717) is 0 Å². The Morgan fingerprint density at radius 3 is 2.61 bits per heavy atom. The minimum Gasteiger partial charge on any atom is -0.356 e. The average molecular weight is 352 g/mol. The number of nitrogens with zero attached hydrogens (tertiary/aromatic N) is 3. The van der Waals surface area contributed by atoms with Crippen molar-refractivity contribution in [2.45, 2.75) is 46.6 Å². The smallest absolute Gasteiger partial charge is 0.191 e. The van der Waals surface area contributed by atoms with Gasteiger partial charge in [0.25, 0.3) is 0 Å². The molecular formula is C16H25N5S2. The molecule has 2 heterocycles. The maximum atomic E-state index is 4.49. The normalized spacial score (nSPS) is 11.7. The number of aliphatic imine (C=N–C) groups is 1. The lowest BCUT2D eigenvalue weighted by Gasteiger charge is -2.11. The fourth-order valence-electron chi connectivity index (χ4n) is 2.25. The summed E-state index contributed by atoms with van der Waals surface area (Å²) in [5, 5.41) is 11.2. The highest BCUT2D eigenvalue weighted by Crippen LogP contribution is 2.16. The highest BCUT2D eigenvalue weighted by molar-refractivity contribution is 7.11. The van der Waals surface area contributed by atoms with Crippen LogP contribution in [0.1, 0.15) is 39.1 Å². The zero-order chi connectivity index (χ0) is 16.7. The van der Waals surface area contributed by atoms with Crippen LogP contribution in [0.4, 0.5) is 0 Å². The SMILES string of the molecule is CN=C(NCCCCc1nc(C)cs1)NCc1sc(C)nc1C. The summed E-state index contributed by atoms with van der Waals surface area (Å²) in [4.78, 5) is 14.5. The standard InChI is InChI=1S/C16H25N5S2/c1-11-10-22-15(20-11)7-5-6-8-18-16(17-4)19-9-14-12(2)21-13(3)23-14/h10H,5-9H2,1-4H3,(H2,17,18,19). The zero-order valence-corrected chi connectivity index (χ0v) is 15.9. The van der Waals surface area contributed by atoms with Crippen molar-refractivity contribution in [1.29, 1.82) is 0 Å². The first-order chi connectivity index (χ1) is 11.1. The number of rotatable bonds is 7. The molecule has 2 aromatic rings. The second-order valence-corrected chi connectivity index (χ2v) is 7.66. The fourth-order valence-corrected chi connectivity index (χ4v) is 3.94. The molecule has 2 rings (SSSR count). The summed E-state index contributed by atoms with van der Waals surface area (Å²) in [5.41, 5.74) is 2.23. The van der Waals surface area contributed by atoms with Gasteiger partial charge in [0, 0.05) is 29.5 Å². The van der Waals surface area contributed by atoms with E-state index in [0.717, 1.165) is 54.7 Å². The Labute approximate surface area is 146 Å². The Balaban J connectivity index is 1.64. The van der Waals surface area contributed by atoms with Crippen molar-refractivity contribution in [1.82, 2.24) is 20.6 Å². The minimum absolute atomic E-state index is 0.773. The van der Waals surface area contributed by atoms with Gasteiger partial charge in [0.1, 0.15) is 0 Å². The Hall–Kier alpha value is -1.47. The molecule has 0 saturated heterocycles. The van der Waals surface area contributed by atoms with Gasteiger partial charge >= 0.3 is 0 Å². The van der Waals surface area contributed by atoms with Crippen molar-refractivity contribution in [2.75, 3.05) is 13.6 Å². The van der Waals surface area contributed by atoms with E-state index in [2.05, 4.69) is 37.9 Å². The molecule has 0 fully saturated rings. The van der Waals surface area contributed by atoms with E-state index in [4.69, 9.17) is 0 Å².